The molecule has 0 aromatic rings. The molecule has 78 valence electrons. The summed E-state index contributed by atoms with van der Waals surface area (Å²) in [6.07, 6.45) is 5.39. The van der Waals surface area contributed by atoms with Crippen LogP contribution in [-0.2, 0) is 0 Å². The van der Waals surface area contributed by atoms with Crippen LogP contribution >= 0.6 is 12.6 Å². The van der Waals surface area contributed by atoms with E-state index < -0.39 is 0 Å². The molecule has 1 aliphatic carbocycles. The van der Waals surface area contributed by atoms with Crippen molar-refractivity contribution in [2.75, 3.05) is 14.1 Å². The Bertz CT molecular complexity index is 152. The van der Waals surface area contributed by atoms with Crippen LogP contribution in [0.3, 0.4) is 0 Å². The second kappa shape index (κ2) is 4.22. The van der Waals surface area contributed by atoms with Crippen LogP contribution in [0.2, 0.25) is 0 Å². The predicted molar refractivity (Wildman–Crippen MR) is 62.5 cm³/mol. The number of hydrogen-bond donors (Lipinski definition) is 1. The van der Waals surface area contributed by atoms with E-state index in [-0.39, 0.29) is 4.75 Å². The Morgan fingerprint density at radius 2 is 1.54 bits per heavy atom. The molecule has 13 heavy (non-hydrogen) atoms. The lowest BCUT2D eigenvalue weighted by molar-refractivity contribution is 0.179. The highest BCUT2D eigenvalue weighted by Gasteiger charge is 2.30. The molecule has 0 amide bonds. The second-order valence-corrected chi connectivity index (χ2v) is 6.28. The van der Waals surface area contributed by atoms with Gasteiger partial charge in [-0.15, -0.1) is 0 Å². The van der Waals surface area contributed by atoms with Crippen LogP contribution in [-0.4, -0.2) is 29.8 Å². The van der Waals surface area contributed by atoms with Crippen LogP contribution in [0.1, 0.15) is 39.5 Å². The second-order valence-electron chi connectivity index (χ2n) is 5.12. The molecular weight excluding hydrogens is 178 g/mol. The Kier molecular flexibility index (Phi) is 3.70. The number of hydrogen-bond acceptors (Lipinski definition) is 2. The molecule has 0 atom stereocenters. The highest BCUT2D eigenvalue weighted by Crippen LogP contribution is 2.37. The third kappa shape index (κ3) is 3.17. The van der Waals surface area contributed by atoms with Gasteiger partial charge in [0.25, 0.3) is 0 Å². The summed E-state index contributed by atoms with van der Waals surface area (Å²) in [7, 11) is 4.38. The van der Waals surface area contributed by atoms with Gasteiger partial charge in [0.2, 0.25) is 0 Å². The molecule has 1 nitrogen and oxygen atoms in total. The Morgan fingerprint density at radius 3 is 1.85 bits per heavy atom. The zero-order chi connectivity index (χ0) is 10.1. The smallest absolute Gasteiger partial charge is 0.0101 e. The molecule has 0 aromatic carbocycles. The molecule has 0 N–H and O–H groups in total. The summed E-state index contributed by atoms with van der Waals surface area (Å²) in [5.41, 5.74) is 0. The van der Waals surface area contributed by atoms with E-state index in [1.165, 1.54) is 25.7 Å². The molecule has 0 saturated heterocycles. The number of rotatable bonds is 2. The third-order valence-electron chi connectivity index (χ3n) is 3.43. The largest absolute Gasteiger partial charge is 0.306 e. The quantitative estimate of drug-likeness (QED) is 0.672. The van der Waals surface area contributed by atoms with E-state index in [4.69, 9.17) is 0 Å². The van der Waals surface area contributed by atoms with Gasteiger partial charge in [0.15, 0.2) is 0 Å². The molecule has 0 spiro atoms. The van der Waals surface area contributed by atoms with Crippen molar-refractivity contribution < 1.29 is 0 Å². The first-order valence-corrected chi connectivity index (χ1v) is 5.75. The predicted octanol–water partition coefficient (Wildman–Crippen LogP) is 2.82. The summed E-state index contributed by atoms with van der Waals surface area (Å²) < 4.78 is 0.220. The third-order valence-corrected chi connectivity index (χ3v) is 3.79. The summed E-state index contributed by atoms with van der Waals surface area (Å²) in [5, 5.41) is 0. The van der Waals surface area contributed by atoms with Crippen molar-refractivity contribution in [2.45, 2.75) is 50.3 Å². The summed E-state index contributed by atoms with van der Waals surface area (Å²) in [6, 6.07) is 0.812. The molecule has 1 rings (SSSR count). The highest BCUT2D eigenvalue weighted by molar-refractivity contribution is 7.81. The molecule has 2 heteroatoms. The normalized spacial score (nSPS) is 30.9. The van der Waals surface area contributed by atoms with Crippen molar-refractivity contribution in [3.63, 3.8) is 0 Å². The van der Waals surface area contributed by atoms with E-state index in [1.807, 2.05) is 0 Å². The van der Waals surface area contributed by atoms with Gasteiger partial charge in [0.1, 0.15) is 0 Å². The minimum atomic E-state index is 0.220. The molecule has 0 heterocycles. The van der Waals surface area contributed by atoms with Gasteiger partial charge in [-0.1, -0.05) is 13.8 Å². The van der Waals surface area contributed by atoms with Crippen LogP contribution in [0.15, 0.2) is 0 Å². The standard InChI is InChI=1S/C11H23NS/c1-11(2,13)9-5-7-10(8-6-9)12(3)4/h9-10,13H,5-8H2,1-4H3. The van der Waals surface area contributed by atoms with Gasteiger partial charge in [-0.25, -0.2) is 0 Å². The van der Waals surface area contributed by atoms with Crippen molar-refractivity contribution in [3.8, 4) is 0 Å². The zero-order valence-electron chi connectivity index (χ0n) is 9.38. The Labute approximate surface area is 88.3 Å². The van der Waals surface area contributed by atoms with Crippen molar-refractivity contribution >= 4 is 12.6 Å². The maximum atomic E-state index is 4.67. The minimum Gasteiger partial charge on any atom is -0.306 e. The first-order valence-electron chi connectivity index (χ1n) is 5.30. The van der Waals surface area contributed by atoms with Crippen LogP contribution in [0, 0.1) is 5.92 Å². The van der Waals surface area contributed by atoms with E-state index in [9.17, 15) is 0 Å². The van der Waals surface area contributed by atoms with E-state index in [0.717, 1.165) is 12.0 Å². The average molecular weight is 201 g/mol. The summed E-state index contributed by atoms with van der Waals surface area (Å²) in [6.45, 7) is 4.49. The van der Waals surface area contributed by atoms with Gasteiger partial charge in [-0.2, -0.15) is 12.6 Å². The van der Waals surface area contributed by atoms with E-state index in [1.54, 1.807) is 0 Å². The van der Waals surface area contributed by atoms with Crippen LogP contribution < -0.4 is 0 Å². The maximum absolute atomic E-state index is 4.67. The van der Waals surface area contributed by atoms with Gasteiger partial charge in [-0.3, -0.25) is 0 Å². The van der Waals surface area contributed by atoms with Crippen LogP contribution in [0.25, 0.3) is 0 Å². The number of nitrogens with zero attached hydrogens (tertiary/aromatic N) is 1. The Balaban J connectivity index is 2.39. The fourth-order valence-electron chi connectivity index (χ4n) is 2.30. The van der Waals surface area contributed by atoms with Crippen molar-refractivity contribution in [3.05, 3.63) is 0 Å². The van der Waals surface area contributed by atoms with Crippen LogP contribution in [0.5, 0.6) is 0 Å². The van der Waals surface area contributed by atoms with Gasteiger partial charge >= 0.3 is 0 Å². The van der Waals surface area contributed by atoms with Gasteiger partial charge < -0.3 is 4.90 Å². The lowest BCUT2D eigenvalue weighted by Gasteiger charge is -2.38. The molecule has 0 unspecified atom stereocenters. The number of thiol groups is 1. The SMILES string of the molecule is CN(C)C1CCC(C(C)(C)S)CC1. The fraction of sp³-hybridized carbons (Fsp3) is 1.00. The first-order chi connectivity index (χ1) is 5.91. The van der Waals surface area contributed by atoms with E-state index in [0.29, 0.717) is 0 Å². The topological polar surface area (TPSA) is 3.24 Å². The molecule has 0 radical (unpaired) electrons. The maximum Gasteiger partial charge on any atom is 0.0101 e. The van der Waals surface area contributed by atoms with Crippen LogP contribution in [0.4, 0.5) is 0 Å². The minimum absolute atomic E-state index is 0.220. The Morgan fingerprint density at radius 1 is 1.08 bits per heavy atom. The molecule has 1 saturated carbocycles. The summed E-state index contributed by atoms with van der Waals surface area (Å²) in [5.74, 6) is 0.812. The fourth-order valence-corrected chi connectivity index (χ4v) is 2.56. The molecule has 1 fully saturated rings. The van der Waals surface area contributed by atoms with Crippen molar-refractivity contribution in [2.24, 2.45) is 5.92 Å². The van der Waals surface area contributed by atoms with E-state index in [2.05, 4.69) is 45.5 Å². The molecular formula is C11H23NS. The van der Waals surface area contributed by atoms with Gasteiger partial charge in [0.05, 0.1) is 0 Å². The summed E-state index contributed by atoms with van der Waals surface area (Å²) in [4.78, 5) is 2.36. The highest BCUT2D eigenvalue weighted by atomic mass is 32.1. The van der Waals surface area contributed by atoms with Gasteiger partial charge in [0, 0.05) is 10.8 Å². The molecule has 0 aromatic heterocycles. The Hall–Kier alpha value is 0.310. The average Bonchev–Trinajstić information content (AvgIpc) is 2.03. The van der Waals surface area contributed by atoms with Crippen molar-refractivity contribution in [1.82, 2.24) is 4.90 Å². The zero-order valence-corrected chi connectivity index (χ0v) is 10.3. The lowest BCUT2D eigenvalue weighted by Crippen LogP contribution is -2.36. The van der Waals surface area contributed by atoms with Gasteiger partial charge in [-0.05, 0) is 45.7 Å². The first kappa shape index (κ1) is 11.4. The van der Waals surface area contributed by atoms with E-state index >= 15 is 0 Å². The summed E-state index contributed by atoms with van der Waals surface area (Å²) >= 11 is 4.67. The molecule has 0 aliphatic heterocycles. The lowest BCUT2D eigenvalue weighted by atomic mass is 9.79. The monoisotopic (exact) mass is 201 g/mol. The van der Waals surface area contributed by atoms with Crippen molar-refractivity contribution in [1.29, 1.82) is 0 Å². The molecule has 0 bridgehead atoms. The molecule has 1 aliphatic rings.